The van der Waals surface area contributed by atoms with Crippen LogP contribution in [-0.2, 0) is 0 Å². The average molecular weight is 400 g/mol. The fraction of sp³-hybridized carbons (Fsp3) is 0.0476. The van der Waals surface area contributed by atoms with Crippen molar-refractivity contribution in [3.8, 4) is 6.07 Å². The second kappa shape index (κ2) is 6.29. The van der Waals surface area contributed by atoms with E-state index >= 15 is 0 Å². The van der Waals surface area contributed by atoms with Gasteiger partial charge < -0.3 is 14.7 Å². The molecule has 5 rings (SSSR count). The van der Waals surface area contributed by atoms with Crippen molar-refractivity contribution < 1.29 is 4.42 Å². The van der Waals surface area contributed by atoms with Crippen LogP contribution < -0.4 is 16.5 Å². The van der Waals surface area contributed by atoms with Crippen LogP contribution in [0.4, 0.5) is 11.5 Å². The van der Waals surface area contributed by atoms with Crippen molar-refractivity contribution in [2.45, 2.75) is 5.92 Å². The predicted molar refractivity (Wildman–Crippen MR) is 110 cm³/mol. The fourth-order valence-electron chi connectivity index (χ4n) is 3.78. The van der Waals surface area contributed by atoms with Gasteiger partial charge in [-0.15, -0.1) is 0 Å². The summed E-state index contributed by atoms with van der Waals surface area (Å²) in [6, 6.07) is 16.0. The van der Waals surface area contributed by atoms with Gasteiger partial charge >= 0.3 is 5.63 Å². The van der Waals surface area contributed by atoms with Crippen molar-refractivity contribution in [2.75, 3.05) is 5.32 Å². The maximum atomic E-state index is 13.0. The number of nitrogens with one attached hydrogen (secondary N) is 3. The van der Waals surface area contributed by atoms with Crippen LogP contribution in [0.15, 0.2) is 62.5 Å². The molecule has 3 heterocycles. The Morgan fingerprint density at radius 3 is 2.52 bits per heavy atom. The molecule has 2 aromatic heterocycles. The SMILES string of the molecule is N#Cc1ccc(C2c3c([nH]c(=S)[nH]c3=O)Nc3c2c(=O)oc2ccccc32)cc1. The van der Waals surface area contributed by atoms with Gasteiger partial charge in [-0.3, -0.25) is 9.78 Å². The van der Waals surface area contributed by atoms with E-state index in [-0.39, 0.29) is 4.77 Å². The molecule has 0 aliphatic carbocycles. The molecule has 8 heteroatoms. The monoisotopic (exact) mass is 400 g/mol. The normalized spacial score (nSPS) is 14.5. The van der Waals surface area contributed by atoms with Gasteiger partial charge in [-0.2, -0.15) is 5.26 Å². The van der Waals surface area contributed by atoms with E-state index in [2.05, 4.69) is 21.4 Å². The molecule has 0 fully saturated rings. The molecule has 4 aromatic rings. The number of fused-ring (bicyclic) bond motifs is 4. The number of hydrogen-bond acceptors (Lipinski definition) is 6. The highest BCUT2D eigenvalue weighted by Gasteiger charge is 2.34. The summed E-state index contributed by atoms with van der Waals surface area (Å²) in [5.74, 6) is -0.262. The summed E-state index contributed by atoms with van der Waals surface area (Å²) >= 11 is 5.13. The van der Waals surface area contributed by atoms with Crippen LogP contribution in [-0.4, -0.2) is 9.97 Å². The highest BCUT2D eigenvalue weighted by molar-refractivity contribution is 7.71. The van der Waals surface area contributed by atoms with Crippen LogP contribution in [0.5, 0.6) is 0 Å². The topological polar surface area (TPSA) is 115 Å². The first kappa shape index (κ1) is 17.2. The molecule has 2 aromatic carbocycles. The van der Waals surface area contributed by atoms with Gasteiger partial charge in [0.25, 0.3) is 5.56 Å². The third-order valence-electron chi connectivity index (χ3n) is 5.03. The molecular weight excluding hydrogens is 388 g/mol. The van der Waals surface area contributed by atoms with Gasteiger partial charge in [0, 0.05) is 5.39 Å². The zero-order valence-corrected chi connectivity index (χ0v) is 15.6. The lowest BCUT2D eigenvalue weighted by Gasteiger charge is -2.28. The van der Waals surface area contributed by atoms with Gasteiger partial charge in [-0.25, -0.2) is 4.79 Å². The zero-order valence-electron chi connectivity index (χ0n) is 14.8. The third-order valence-corrected chi connectivity index (χ3v) is 5.23. The molecule has 0 saturated heterocycles. The van der Waals surface area contributed by atoms with E-state index in [1.807, 2.05) is 12.1 Å². The molecule has 0 saturated carbocycles. The number of nitriles is 1. The molecule has 140 valence electrons. The molecule has 0 bridgehead atoms. The number of hydrogen-bond donors (Lipinski definition) is 3. The van der Waals surface area contributed by atoms with Crippen LogP contribution in [0.25, 0.3) is 11.0 Å². The Balaban J connectivity index is 1.90. The van der Waals surface area contributed by atoms with Crippen molar-refractivity contribution in [3.63, 3.8) is 0 Å². The molecule has 7 nitrogen and oxygen atoms in total. The highest BCUT2D eigenvalue weighted by Crippen LogP contribution is 2.43. The summed E-state index contributed by atoms with van der Waals surface area (Å²) in [5.41, 5.74) is 1.90. The molecule has 1 atom stereocenters. The maximum Gasteiger partial charge on any atom is 0.342 e. The Hall–Kier alpha value is -3.96. The summed E-state index contributed by atoms with van der Waals surface area (Å²) < 4.78 is 5.72. The van der Waals surface area contributed by atoms with Crippen molar-refractivity contribution in [1.29, 1.82) is 5.26 Å². The van der Waals surface area contributed by atoms with E-state index < -0.39 is 17.1 Å². The second-order valence-electron chi connectivity index (χ2n) is 6.66. The average Bonchev–Trinajstić information content (AvgIpc) is 2.72. The van der Waals surface area contributed by atoms with Crippen molar-refractivity contribution in [3.05, 3.63) is 96.3 Å². The third kappa shape index (κ3) is 2.60. The summed E-state index contributed by atoms with van der Waals surface area (Å²) in [6.07, 6.45) is 0. The summed E-state index contributed by atoms with van der Waals surface area (Å²) in [4.78, 5) is 31.3. The van der Waals surface area contributed by atoms with Gasteiger partial charge in [0.15, 0.2) is 4.77 Å². The first-order chi connectivity index (χ1) is 14.1. The summed E-state index contributed by atoms with van der Waals surface area (Å²) in [5, 5.41) is 13.0. The standard InChI is InChI=1S/C21H12N4O3S/c22-9-10-5-7-11(8-6-10)14-15-17(12-3-1-2-4-13(12)28-20(15)27)23-18-16(14)19(26)25-21(29)24-18/h1-8,14H,(H3,23,24,25,26,29). The summed E-state index contributed by atoms with van der Waals surface area (Å²) in [7, 11) is 0. The highest BCUT2D eigenvalue weighted by atomic mass is 32.1. The van der Waals surface area contributed by atoms with Gasteiger partial charge in [-0.1, -0.05) is 24.3 Å². The van der Waals surface area contributed by atoms with Crippen LogP contribution in [0.2, 0.25) is 0 Å². The van der Waals surface area contributed by atoms with Crippen LogP contribution in [0.3, 0.4) is 0 Å². The molecule has 0 amide bonds. The van der Waals surface area contributed by atoms with Gasteiger partial charge in [0.2, 0.25) is 0 Å². The molecule has 1 aliphatic heterocycles. The number of benzene rings is 2. The summed E-state index contributed by atoms with van der Waals surface area (Å²) in [6.45, 7) is 0. The molecule has 1 aliphatic rings. The number of H-pyrrole nitrogens is 2. The van der Waals surface area contributed by atoms with Crippen LogP contribution in [0.1, 0.15) is 28.2 Å². The number of anilines is 2. The Morgan fingerprint density at radius 2 is 1.76 bits per heavy atom. The first-order valence-electron chi connectivity index (χ1n) is 8.76. The minimum absolute atomic E-state index is 0.176. The number of aromatic amines is 2. The zero-order chi connectivity index (χ0) is 20.1. The van der Waals surface area contributed by atoms with Crippen molar-refractivity contribution in [2.24, 2.45) is 0 Å². The van der Waals surface area contributed by atoms with Gasteiger partial charge in [0.05, 0.1) is 34.4 Å². The van der Waals surface area contributed by atoms with Gasteiger partial charge in [0.1, 0.15) is 11.4 Å². The lowest BCUT2D eigenvalue weighted by atomic mass is 9.82. The van der Waals surface area contributed by atoms with E-state index in [1.54, 1.807) is 36.4 Å². The minimum Gasteiger partial charge on any atom is -0.422 e. The Kier molecular flexibility index (Phi) is 3.72. The number of para-hydroxylation sites is 1. The van der Waals surface area contributed by atoms with E-state index in [0.29, 0.717) is 44.7 Å². The van der Waals surface area contributed by atoms with E-state index in [1.165, 1.54) is 0 Å². The first-order valence-corrected chi connectivity index (χ1v) is 9.17. The predicted octanol–water partition coefficient (Wildman–Crippen LogP) is 3.65. The smallest absolute Gasteiger partial charge is 0.342 e. The number of rotatable bonds is 1. The molecule has 0 radical (unpaired) electrons. The molecule has 29 heavy (non-hydrogen) atoms. The quantitative estimate of drug-likeness (QED) is 0.292. The molecule has 0 spiro atoms. The fourth-order valence-corrected chi connectivity index (χ4v) is 3.98. The molecule has 3 N–H and O–H groups in total. The maximum absolute atomic E-state index is 13.0. The second-order valence-corrected chi connectivity index (χ2v) is 7.07. The van der Waals surface area contributed by atoms with E-state index in [4.69, 9.17) is 21.9 Å². The lowest BCUT2D eigenvalue weighted by molar-refractivity contribution is 0.548. The van der Waals surface area contributed by atoms with Crippen LogP contribution in [0, 0.1) is 16.1 Å². The van der Waals surface area contributed by atoms with Gasteiger partial charge in [-0.05, 0) is 42.0 Å². The Labute approximate surface area is 168 Å². The number of aromatic nitrogens is 2. The van der Waals surface area contributed by atoms with Crippen molar-refractivity contribution in [1.82, 2.24) is 9.97 Å². The van der Waals surface area contributed by atoms with E-state index in [9.17, 15) is 9.59 Å². The Bertz CT molecular complexity index is 1510. The number of nitrogens with zero attached hydrogens (tertiary/aromatic N) is 1. The molecular formula is C21H12N4O3S. The Morgan fingerprint density at radius 1 is 1.00 bits per heavy atom. The molecule has 1 unspecified atom stereocenters. The lowest BCUT2D eigenvalue weighted by Crippen LogP contribution is -2.29. The van der Waals surface area contributed by atoms with Crippen LogP contribution >= 0.6 is 12.2 Å². The van der Waals surface area contributed by atoms with E-state index in [0.717, 1.165) is 0 Å². The largest absolute Gasteiger partial charge is 0.422 e. The van der Waals surface area contributed by atoms with Crippen molar-refractivity contribution >= 4 is 34.7 Å². The minimum atomic E-state index is -0.689.